The lowest BCUT2D eigenvalue weighted by Gasteiger charge is -2.33. The van der Waals surface area contributed by atoms with Crippen molar-refractivity contribution in [3.63, 3.8) is 0 Å². The summed E-state index contributed by atoms with van der Waals surface area (Å²) in [6.07, 6.45) is -3.22. The first-order valence-corrected chi connectivity index (χ1v) is 8.69. The minimum atomic E-state index is -4.40. The molecule has 2 rings (SSSR count). The van der Waals surface area contributed by atoms with Crippen LogP contribution in [0.15, 0.2) is 6.07 Å². The Morgan fingerprint density at radius 2 is 2.04 bits per heavy atom. The van der Waals surface area contributed by atoms with Crippen molar-refractivity contribution < 1.29 is 32.4 Å². The van der Waals surface area contributed by atoms with Crippen LogP contribution < -0.4 is 5.32 Å². The molecule has 1 heterocycles. The molecule has 7 nitrogen and oxygen atoms in total. The Kier molecular flexibility index (Phi) is 6.21. The van der Waals surface area contributed by atoms with Crippen LogP contribution in [0.25, 0.3) is 0 Å². The van der Waals surface area contributed by atoms with Crippen molar-refractivity contribution in [1.82, 2.24) is 5.32 Å². The second-order valence-corrected chi connectivity index (χ2v) is 7.25. The number of halogens is 3. The van der Waals surface area contributed by atoms with Crippen molar-refractivity contribution in [2.75, 3.05) is 6.61 Å². The van der Waals surface area contributed by atoms with Gasteiger partial charge in [0.05, 0.1) is 15.7 Å². The average Bonchev–Trinajstić information content (AvgIpc) is 2.94. The molecule has 1 aliphatic rings. The number of nitro groups is 1. The van der Waals surface area contributed by atoms with Crippen molar-refractivity contribution in [2.24, 2.45) is 5.92 Å². The molecule has 1 amide bonds. The van der Waals surface area contributed by atoms with E-state index in [4.69, 9.17) is 4.74 Å². The number of amides is 1. The molecule has 26 heavy (non-hydrogen) atoms. The maximum atomic E-state index is 13.0. The molecule has 0 spiro atoms. The molecule has 0 radical (unpaired) electrons. The monoisotopic (exact) mass is 394 g/mol. The molecule has 144 valence electrons. The number of esters is 1. The number of hydrogen-bond donors (Lipinski definition) is 1. The zero-order valence-corrected chi connectivity index (χ0v) is 14.6. The van der Waals surface area contributed by atoms with Gasteiger partial charge in [0.1, 0.15) is 4.88 Å². The summed E-state index contributed by atoms with van der Waals surface area (Å²) in [5, 5.41) is 13.0. The van der Waals surface area contributed by atoms with Crippen molar-refractivity contribution in [3.05, 3.63) is 25.9 Å². The van der Waals surface area contributed by atoms with Gasteiger partial charge < -0.3 is 10.1 Å². The molecule has 1 N–H and O–H groups in total. The van der Waals surface area contributed by atoms with Gasteiger partial charge in [0, 0.05) is 12.1 Å². The summed E-state index contributed by atoms with van der Waals surface area (Å²) in [6.45, 7) is 0.720. The van der Waals surface area contributed by atoms with E-state index >= 15 is 0 Å². The van der Waals surface area contributed by atoms with E-state index in [1.165, 1.54) is 6.92 Å². The van der Waals surface area contributed by atoms with Crippen LogP contribution in [0.4, 0.5) is 18.9 Å². The fraction of sp³-hybridized carbons (Fsp3) is 0.600. The number of nitrogens with one attached hydrogen (secondary N) is 1. The van der Waals surface area contributed by atoms with Crippen LogP contribution in [0.3, 0.4) is 0 Å². The maximum Gasteiger partial charge on any atom is 0.393 e. The van der Waals surface area contributed by atoms with Crippen LogP contribution in [0.5, 0.6) is 0 Å². The molecule has 0 saturated heterocycles. The number of aryl methyl sites for hydroxylation is 1. The van der Waals surface area contributed by atoms with E-state index in [0.29, 0.717) is 17.7 Å². The first-order valence-electron chi connectivity index (χ1n) is 7.87. The summed E-state index contributed by atoms with van der Waals surface area (Å²) >= 11 is 0.845. The molecule has 2 atom stereocenters. The summed E-state index contributed by atoms with van der Waals surface area (Å²) in [7, 11) is 0. The predicted molar refractivity (Wildman–Crippen MR) is 85.9 cm³/mol. The lowest BCUT2D eigenvalue weighted by molar-refractivity contribution is -0.385. The molecule has 1 aromatic heterocycles. The third-order valence-corrected chi connectivity index (χ3v) is 5.18. The summed E-state index contributed by atoms with van der Waals surface area (Å²) in [4.78, 5) is 34.1. The van der Waals surface area contributed by atoms with Crippen LogP contribution >= 0.6 is 11.3 Å². The van der Waals surface area contributed by atoms with Crippen LogP contribution in [-0.2, 0) is 9.53 Å². The van der Waals surface area contributed by atoms with Gasteiger partial charge in [-0.05, 0) is 19.8 Å². The van der Waals surface area contributed by atoms with Crippen LogP contribution in [0.2, 0.25) is 0 Å². The Morgan fingerprint density at radius 1 is 1.38 bits per heavy atom. The van der Waals surface area contributed by atoms with Gasteiger partial charge in [-0.1, -0.05) is 12.8 Å². The average molecular weight is 394 g/mol. The third kappa shape index (κ3) is 4.93. The molecule has 1 aromatic rings. The SMILES string of the molecule is Cc1sc(C(=O)OCC(=O)N[C@H]2CCCC[C@@H]2C(F)(F)F)cc1[N+](=O)[O-]. The molecule has 1 aliphatic carbocycles. The number of ether oxygens (including phenoxy) is 1. The fourth-order valence-electron chi connectivity index (χ4n) is 2.90. The highest BCUT2D eigenvalue weighted by atomic mass is 32.1. The molecule has 11 heteroatoms. The summed E-state index contributed by atoms with van der Waals surface area (Å²) in [6, 6.07) is 0.00107. The smallest absolute Gasteiger partial charge is 0.393 e. The van der Waals surface area contributed by atoms with Crippen molar-refractivity contribution in [1.29, 1.82) is 0 Å². The maximum absolute atomic E-state index is 13.0. The number of nitrogens with zero attached hydrogens (tertiary/aromatic N) is 1. The standard InChI is InChI=1S/C15H17F3N2O5S/c1-8-11(20(23)24)6-12(26-8)14(22)25-7-13(21)19-10-5-3-2-4-9(10)15(16,17)18/h6,9-10H,2-5,7H2,1H3,(H,19,21)/t9-,10-/m0/s1. The Morgan fingerprint density at radius 3 is 2.62 bits per heavy atom. The highest BCUT2D eigenvalue weighted by Crippen LogP contribution is 2.37. The van der Waals surface area contributed by atoms with Gasteiger partial charge in [0.2, 0.25) is 0 Å². The van der Waals surface area contributed by atoms with Gasteiger partial charge in [-0.15, -0.1) is 11.3 Å². The lowest BCUT2D eigenvalue weighted by atomic mass is 9.84. The number of carbonyl (C=O) groups is 2. The summed E-state index contributed by atoms with van der Waals surface area (Å²) in [5.41, 5.74) is -0.235. The lowest BCUT2D eigenvalue weighted by Crippen LogP contribution is -2.48. The van der Waals surface area contributed by atoms with E-state index < -0.39 is 41.5 Å². The first-order chi connectivity index (χ1) is 12.1. The third-order valence-electron chi connectivity index (χ3n) is 4.16. The van der Waals surface area contributed by atoms with Gasteiger partial charge in [0.25, 0.3) is 11.6 Å². The second kappa shape index (κ2) is 8.02. The number of rotatable bonds is 5. The van der Waals surface area contributed by atoms with Gasteiger partial charge in [0.15, 0.2) is 6.61 Å². The van der Waals surface area contributed by atoms with E-state index in [1.807, 2.05) is 0 Å². The van der Waals surface area contributed by atoms with E-state index in [2.05, 4.69) is 5.32 Å². The van der Waals surface area contributed by atoms with Gasteiger partial charge in [-0.2, -0.15) is 13.2 Å². The predicted octanol–water partition coefficient (Wildman–Crippen LogP) is 3.36. The number of alkyl halides is 3. The van der Waals surface area contributed by atoms with Crippen LogP contribution in [-0.4, -0.2) is 35.6 Å². The normalized spacial score (nSPS) is 20.5. The van der Waals surface area contributed by atoms with Gasteiger partial charge in [-0.25, -0.2) is 4.79 Å². The zero-order valence-electron chi connectivity index (χ0n) is 13.8. The van der Waals surface area contributed by atoms with Crippen LogP contribution in [0, 0.1) is 23.0 Å². The Bertz CT molecular complexity index is 704. The highest BCUT2D eigenvalue weighted by Gasteiger charge is 2.45. The Labute approximate surface area is 150 Å². The topological polar surface area (TPSA) is 98.5 Å². The summed E-state index contributed by atoms with van der Waals surface area (Å²) < 4.78 is 43.7. The molecule has 0 aliphatic heterocycles. The fourth-order valence-corrected chi connectivity index (χ4v) is 3.78. The number of hydrogen-bond acceptors (Lipinski definition) is 6. The summed E-state index contributed by atoms with van der Waals surface area (Å²) in [5.74, 6) is -3.38. The minimum Gasteiger partial charge on any atom is -0.451 e. The van der Waals surface area contributed by atoms with Crippen molar-refractivity contribution >= 4 is 28.9 Å². The van der Waals surface area contributed by atoms with Crippen LogP contribution in [0.1, 0.15) is 40.2 Å². The first kappa shape index (κ1) is 20.1. The molecule has 1 saturated carbocycles. The van der Waals surface area contributed by atoms with Crippen molar-refractivity contribution in [2.45, 2.75) is 44.8 Å². The molecule has 0 bridgehead atoms. The van der Waals surface area contributed by atoms with E-state index in [0.717, 1.165) is 17.4 Å². The van der Waals surface area contributed by atoms with Gasteiger partial charge >= 0.3 is 12.1 Å². The second-order valence-electron chi connectivity index (χ2n) is 5.99. The molecule has 0 aromatic carbocycles. The minimum absolute atomic E-state index is 0.0483. The quantitative estimate of drug-likeness (QED) is 0.469. The zero-order chi connectivity index (χ0) is 19.5. The number of carbonyl (C=O) groups excluding carboxylic acids is 2. The van der Waals surface area contributed by atoms with E-state index in [9.17, 15) is 32.9 Å². The molecular weight excluding hydrogens is 377 g/mol. The van der Waals surface area contributed by atoms with E-state index in [1.54, 1.807) is 0 Å². The molecule has 0 unspecified atom stereocenters. The largest absolute Gasteiger partial charge is 0.451 e. The van der Waals surface area contributed by atoms with Crippen molar-refractivity contribution in [3.8, 4) is 0 Å². The number of thiophene rings is 1. The Balaban J connectivity index is 1.90. The molecule has 1 fully saturated rings. The highest BCUT2D eigenvalue weighted by molar-refractivity contribution is 7.14. The van der Waals surface area contributed by atoms with Gasteiger partial charge in [-0.3, -0.25) is 14.9 Å². The Hall–Kier alpha value is -2.17. The molecular formula is C15H17F3N2O5S. The van der Waals surface area contributed by atoms with E-state index in [-0.39, 0.29) is 23.4 Å².